The molecule has 6 nitrogen and oxygen atoms in total. The topological polar surface area (TPSA) is 80.3 Å². The highest BCUT2D eigenvalue weighted by Gasteiger charge is 2.20. The van der Waals surface area contributed by atoms with Crippen LogP contribution in [0.3, 0.4) is 0 Å². The molecule has 2 aromatic carbocycles. The Morgan fingerprint density at radius 3 is 2.32 bits per heavy atom. The van der Waals surface area contributed by atoms with Gasteiger partial charge in [-0.2, -0.15) is 0 Å². The summed E-state index contributed by atoms with van der Waals surface area (Å²) >= 11 is 0. The maximum absolute atomic E-state index is 12.7. The molecule has 0 aliphatic heterocycles. The number of aromatic nitrogens is 1. The highest BCUT2D eigenvalue weighted by atomic mass is 32.2. The van der Waals surface area contributed by atoms with Gasteiger partial charge in [-0.05, 0) is 60.9 Å². The average molecular weight is 398 g/mol. The molecule has 0 saturated heterocycles. The van der Waals surface area contributed by atoms with Crippen LogP contribution in [0.5, 0.6) is 5.75 Å². The van der Waals surface area contributed by atoms with Gasteiger partial charge in [0.1, 0.15) is 16.5 Å². The van der Waals surface area contributed by atoms with E-state index in [4.69, 9.17) is 4.74 Å². The molecule has 0 unspecified atom stereocenters. The SMILES string of the molecule is CCc1ccc(Nc2ccc(NS(=O)(=O)c3cc(C)ccc3OC)nc2)cc1. The summed E-state index contributed by atoms with van der Waals surface area (Å²) in [5.41, 5.74) is 3.79. The summed E-state index contributed by atoms with van der Waals surface area (Å²) in [6.45, 7) is 3.93. The number of hydrogen-bond acceptors (Lipinski definition) is 5. The van der Waals surface area contributed by atoms with Crippen molar-refractivity contribution in [3.05, 3.63) is 71.9 Å². The van der Waals surface area contributed by atoms with Crippen molar-refractivity contribution in [1.82, 2.24) is 4.98 Å². The molecule has 0 atom stereocenters. The molecule has 3 aromatic rings. The van der Waals surface area contributed by atoms with Gasteiger partial charge in [-0.25, -0.2) is 13.4 Å². The summed E-state index contributed by atoms with van der Waals surface area (Å²) in [5, 5.41) is 3.24. The first-order valence-electron chi connectivity index (χ1n) is 8.91. The molecular formula is C21H23N3O3S. The molecule has 0 fully saturated rings. The number of hydrogen-bond donors (Lipinski definition) is 2. The minimum absolute atomic E-state index is 0.0787. The summed E-state index contributed by atoms with van der Waals surface area (Å²) in [6, 6.07) is 16.5. The largest absolute Gasteiger partial charge is 0.495 e. The molecule has 0 saturated carbocycles. The zero-order valence-electron chi connectivity index (χ0n) is 16.1. The molecule has 0 radical (unpaired) electrons. The normalized spacial score (nSPS) is 11.1. The first kappa shape index (κ1) is 19.7. The van der Waals surface area contributed by atoms with Crippen LogP contribution in [0.4, 0.5) is 17.2 Å². The van der Waals surface area contributed by atoms with Gasteiger partial charge in [0.05, 0.1) is 19.0 Å². The van der Waals surface area contributed by atoms with Crippen molar-refractivity contribution in [3.8, 4) is 5.75 Å². The molecular weight excluding hydrogens is 374 g/mol. The molecule has 2 N–H and O–H groups in total. The van der Waals surface area contributed by atoms with Gasteiger partial charge in [0.2, 0.25) is 0 Å². The number of methoxy groups -OCH3 is 1. The van der Waals surface area contributed by atoms with E-state index in [9.17, 15) is 8.42 Å². The molecule has 0 aliphatic carbocycles. The lowest BCUT2D eigenvalue weighted by molar-refractivity contribution is 0.402. The van der Waals surface area contributed by atoms with Crippen molar-refractivity contribution in [3.63, 3.8) is 0 Å². The van der Waals surface area contributed by atoms with E-state index >= 15 is 0 Å². The third-order valence-electron chi connectivity index (χ3n) is 4.26. The zero-order valence-corrected chi connectivity index (χ0v) is 16.9. The first-order valence-corrected chi connectivity index (χ1v) is 10.4. The van der Waals surface area contributed by atoms with E-state index in [1.54, 1.807) is 36.5 Å². The highest BCUT2D eigenvalue weighted by Crippen LogP contribution is 2.27. The highest BCUT2D eigenvalue weighted by molar-refractivity contribution is 7.92. The number of aryl methyl sites for hydroxylation is 2. The van der Waals surface area contributed by atoms with Gasteiger partial charge in [0, 0.05) is 5.69 Å². The number of sulfonamides is 1. The molecule has 28 heavy (non-hydrogen) atoms. The predicted octanol–water partition coefficient (Wildman–Crippen LogP) is 4.51. The van der Waals surface area contributed by atoms with Gasteiger partial charge >= 0.3 is 0 Å². The van der Waals surface area contributed by atoms with Crippen LogP contribution in [0.25, 0.3) is 0 Å². The first-order chi connectivity index (χ1) is 13.4. The van der Waals surface area contributed by atoms with Crippen LogP contribution in [-0.4, -0.2) is 20.5 Å². The summed E-state index contributed by atoms with van der Waals surface area (Å²) < 4.78 is 33.1. The maximum atomic E-state index is 12.7. The Hall–Kier alpha value is -3.06. The number of nitrogens with one attached hydrogen (secondary N) is 2. The fourth-order valence-electron chi connectivity index (χ4n) is 2.71. The molecule has 146 valence electrons. The average Bonchev–Trinajstić information content (AvgIpc) is 2.70. The standard InChI is InChI=1S/C21H23N3O3S/c1-4-16-6-8-17(9-7-16)23-18-10-12-21(22-14-18)24-28(25,26)20-13-15(2)5-11-19(20)27-3/h5-14,23H,4H2,1-3H3,(H,22,24). The second-order valence-corrected chi connectivity index (χ2v) is 8.02. The minimum Gasteiger partial charge on any atom is -0.495 e. The third-order valence-corrected chi connectivity index (χ3v) is 5.64. The molecule has 3 rings (SSSR count). The Labute approximate surface area is 165 Å². The smallest absolute Gasteiger partial charge is 0.266 e. The predicted molar refractivity (Wildman–Crippen MR) is 112 cm³/mol. The molecule has 0 bridgehead atoms. The molecule has 0 amide bonds. The van der Waals surface area contributed by atoms with Crippen molar-refractivity contribution in [2.75, 3.05) is 17.1 Å². The fourth-order valence-corrected chi connectivity index (χ4v) is 3.97. The van der Waals surface area contributed by atoms with Gasteiger partial charge in [-0.3, -0.25) is 4.72 Å². The van der Waals surface area contributed by atoms with Crippen molar-refractivity contribution in [2.24, 2.45) is 0 Å². The van der Waals surface area contributed by atoms with E-state index in [2.05, 4.69) is 34.1 Å². The number of anilines is 3. The monoisotopic (exact) mass is 397 g/mol. The zero-order chi connectivity index (χ0) is 20.1. The van der Waals surface area contributed by atoms with Gasteiger partial charge in [-0.1, -0.05) is 25.1 Å². The number of nitrogens with zero attached hydrogens (tertiary/aromatic N) is 1. The van der Waals surface area contributed by atoms with E-state index in [-0.39, 0.29) is 16.5 Å². The molecule has 0 aliphatic rings. The van der Waals surface area contributed by atoms with Crippen molar-refractivity contribution in [2.45, 2.75) is 25.2 Å². The number of pyridine rings is 1. The minimum atomic E-state index is -3.82. The van der Waals surface area contributed by atoms with E-state index < -0.39 is 10.0 Å². The van der Waals surface area contributed by atoms with Gasteiger partial charge in [0.25, 0.3) is 10.0 Å². The van der Waals surface area contributed by atoms with Crippen molar-refractivity contribution >= 4 is 27.2 Å². The van der Waals surface area contributed by atoms with E-state index in [0.717, 1.165) is 23.4 Å². The van der Waals surface area contributed by atoms with Gasteiger partial charge in [0.15, 0.2) is 0 Å². The number of ether oxygens (including phenoxy) is 1. The molecule has 0 spiro atoms. The Morgan fingerprint density at radius 2 is 1.71 bits per heavy atom. The lowest BCUT2D eigenvalue weighted by Gasteiger charge is -2.12. The summed E-state index contributed by atoms with van der Waals surface area (Å²) in [4.78, 5) is 4.28. The summed E-state index contributed by atoms with van der Waals surface area (Å²) in [5.74, 6) is 0.516. The second kappa shape index (κ2) is 8.31. The lowest BCUT2D eigenvalue weighted by atomic mass is 10.1. The van der Waals surface area contributed by atoms with Crippen LogP contribution in [0, 0.1) is 6.92 Å². The fraction of sp³-hybridized carbons (Fsp3) is 0.190. The Balaban J connectivity index is 1.75. The molecule has 7 heteroatoms. The summed E-state index contributed by atoms with van der Waals surface area (Å²) in [6.07, 6.45) is 2.57. The van der Waals surface area contributed by atoms with Crippen LogP contribution < -0.4 is 14.8 Å². The number of benzene rings is 2. The molecule has 1 heterocycles. The van der Waals surface area contributed by atoms with Gasteiger partial charge in [-0.15, -0.1) is 0 Å². The van der Waals surface area contributed by atoms with E-state index in [1.807, 2.05) is 19.1 Å². The van der Waals surface area contributed by atoms with Crippen LogP contribution >= 0.6 is 0 Å². The summed E-state index contributed by atoms with van der Waals surface area (Å²) in [7, 11) is -2.38. The maximum Gasteiger partial charge on any atom is 0.266 e. The van der Waals surface area contributed by atoms with Gasteiger partial charge < -0.3 is 10.1 Å². The van der Waals surface area contributed by atoms with E-state index in [0.29, 0.717) is 0 Å². The van der Waals surface area contributed by atoms with Crippen molar-refractivity contribution in [1.29, 1.82) is 0 Å². The Bertz CT molecular complexity index is 1050. The van der Waals surface area contributed by atoms with Crippen LogP contribution in [-0.2, 0) is 16.4 Å². The Kier molecular flexibility index (Phi) is 5.84. The Morgan fingerprint density at radius 1 is 1.00 bits per heavy atom. The second-order valence-electron chi connectivity index (χ2n) is 6.37. The third kappa shape index (κ3) is 4.61. The number of rotatable bonds is 7. The quantitative estimate of drug-likeness (QED) is 0.613. The van der Waals surface area contributed by atoms with Crippen LogP contribution in [0.15, 0.2) is 65.7 Å². The van der Waals surface area contributed by atoms with Crippen LogP contribution in [0.2, 0.25) is 0 Å². The van der Waals surface area contributed by atoms with E-state index in [1.165, 1.54) is 12.7 Å². The van der Waals surface area contributed by atoms with Crippen LogP contribution in [0.1, 0.15) is 18.1 Å². The lowest BCUT2D eigenvalue weighted by Crippen LogP contribution is -2.15. The van der Waals surface area contributed by atoms with Crippen molar-refractivity contribution < 1.29 is 13.2 Å². The molecule has 1 aromatic heterocycles.